The van der Waals surface area contributed by atoms with Gasteiger partial charge in [-0.2, -0.15) is 0 Å². The van der Waals surface area contributed by atoms with E-state index in [0.29, 0.717) is 5.75 Å². The van der Waals surface area contributed by atoms with Gasteiger partial charge in [0.05, 0.1) is 5.88 Å². The summed E-state index contributed by atoms with van der Waals surface area (Å²) in [7, 11) is 0. The first-order valence-electron chi connectivity index (χ1n) is 4.60. The van der Waals surface area contributed by atoms with Gasteiger partial charge in [-0.1, -0.05) is 6.07 Å². The molecule has 0 fully saturated rings. The van der Waals surface area contributed by atoms with Crippen molar-refractivity contribution in [2.24, 2.45) is 0 Å². The number of halogens is 1. The van der Waals surface area contributed by atoms with E-state index in [1.54, 1.807) is 12.1 Å². The van der Waals surface area contributed by atoms with Gasteiger partial charge in [-0.05, 0) is 37.1 Å². The monoisotopic (exact) mass is 228 g/mol. The van der Waals surface area contributed by atoms with E-state index in [2.05, 4.69) is 4.74 Å². The number of ether oxygens (including phenoxy) is 2. The zero-order valence-electron chi connectivity index (χ0n) is 8.75. The summed E-state index contributed by atoms with van der Waals surface area (Å²) >= 11 is 5.37. The number of benzene rings is 1. The van der Waals surface area contributed by atoms with Gasteiger partial charge in [-0.25, -0.2) is 4.79 Å². The van der Waals surface area contributed by atoms with Gasteiger partial charge in [0, 0.05) is 0 Å². The first-order chi connectivity index (χ1) is 7.11. The van der Waals surface area contributed by atoms with E-state index in [0.717, 1.165) is 11.1 Å². The fourth-order valence-corrected chi connectivity index (χ4v) is 1.32. The molecule has 0 heterocycles. The van der Waals surface area contributed by atoms with Gasteiger partial charge in [0.15, 0.2) is 0 Å². The molecule has 0 aliphatic heterocycles. The minimum Gasteiger partial charge on any atom is -0.433 e. The molecule has 1 rings (SSSR count). The van der Waals surface area contributed by atoms with E-state index in [-0.39, 0.29) is 12.5 Å². The van der Waals surface area contributed by atoms with Gasteiger partial charge < -0.3 is 9.47 Å². The third-order valence-electron chi connectivity index (χ3n) is 1.69. The zero-order valence-corrected chi connectivity index (χ0v) is 9.50. The number of hydrogen-bond acceptors (Lipinski definition) is 3. The van der Waals surface area contributed by atoms with Crippen LogP contribution in [0.1, 0.15) is 11.1 Å². The Morgan fingerprint density at radius 1 is 1.27 bits per heavy atom. The van der Waals surface area contributed by atoms with E-state index in [4.69, 9.17) is 16.3 Å². The van der Waals surface area contributed by atoms with E-state index in [9.17, 15) is 4.79 Å². The van der Waals surface area contributed by atoms with Gasteiger partial charge in [0.2, 0.25) is 0 Å². The summed E-state index contributed by atoms with van der Waals surface area (Å²) < 4.78 is 9.64. The number of hydrogen-bond donors (Lipinski definition) is 0. The molecule has 1 aromatic carbocycles. The quantitative estimate of drug-likeness (QED) is 0.453. The minimum atomic E-state index is -0.722. The van der Waals surface area contributed by atoms with Gasteiger partial charge in [-0.3, -0.25) is 0 Å². The second-order valence-corrected chi connectivity index (χ2v) is 3.59. The standard InChI is InChI=1S/C11H13ClO3/c1-8-5-9(2)7-10(6-8)15-11(13)14-4-3-12/h5-7H,3-4H2,1-2H3. The maximum Gasteiger partial charge on any atom is 0.513 e. The van der Waals surface area contributed by atoms with Gasteiger partial charge in [-0.15, -0.1) is 11.6 Å². The zero-order chi connectivity index (χ0) is 11.3. The first-order valence-corrected chi connectivity index (χ1v) is 5.14. The van der Waals surface area contributed by atoms with Crippen LogP contribution in [-0.4, -0.2) is 18.6 Å². The van der Waals surface area contributed by atoms with Crippen LogP contribution in [0.2, 0.25) is 0 Å². The molecule has 0 aliphatic carbocycles. The van der Waals surface area contributed by atoms with Crippen molar-refractivity contribution in [2.75, 3.05) is 12.5 Å². The second kappa shape index (κ2) is 5.61. The molecule has 0 N–H and O–H groups in total. The Bertz CT molecular complexity index is 329. The molecule has 0 unspecified atom stereocenters. The predicted octanol–water partition coefficient (Wildman–Crippen LogP) is 3.06. The normalized spacial score (nSPS) is 9.80. The van der Waals surface area contributed by atoms with Crippen molar-refractivity contribution in [2.45, 2.75) is 13.8 Å². The molecule has 0 aliphatic rings. The molecule has 0 radical (unpaired) electrons. The molecular weight excluding hydrogens is 216 g/mol. The predicted molar refractivity (Wildman–Crippen MR) is 58.6 cm³/mol. The summed E-state index contributed by atoms with van der Waals surface area (Å²) in [5.74, 6) is 0.758. The highest BCUT2D eigenvalue weighted by molar-refractivity contribution is 6.18. The van der Waals surface area contributed by atoms with Crippen LogP contribution in [-0.2, 0) is 4.74 Å². The van der Waals surface area contributed by atoms with E-state index < -0.39 is 6.16 Å². The molecule has 1 aromatic rings. The van der Waals surface area contributed by atoms with Crippen LogP contribution in [0.5, 0.6) is 5.75 Å². The molecule has 3 nitrogen and oxygen atoms in total. The lowest BCUT2D eigenvalue weighted by Gasteiger charge is -2.06. The molecular formula is C11H13ClO3. The SMILES string of the molecule is Cc1cc(C)cc(OC(=O)OCCCl)c1. The third-order valence-corrected chi connectivity index (χ3v) is 1.85. The maximum absolute atomic E-state index is 11.1. The van der Waals surface area contributed by atoms with E-state index in [1.165, 1.54) is 0 Å². The summed E-state index contributed by atoms with van der Waals surface area (Å²) in [4.78, 5) is 11.1. The molecule has 0 amide bonds. The van der Waals surface area contributed by atoms with Crippen LogP contribution in [0.25, 0.3) is 0 Å². The fraction of sp³-hybridized carbons (Fsp3) is 0.364. The van der Waals surface area contributed by atoms with Crippen molar-refractivity contribution >= 4 is 17.8 Å². The summed E-state index contributed by atoms with van der Waals surface area (Å²) in [6.07, 6.45) is -0.722. The Morgan fingerprint density at radius 2 is 1.87 bits per heavy atom. The van der Waals surface area contributed by atoms with Crippen molar-refractivity contribution in [3.63, 3.8) is 0 Å². The number of carbonyl (C=O) groups is 1. The average Bonchev–Trinajstić information content (AvgIpc) is 2.13. The molecule has 0 saturated heterocycles. The molecule has 0 spiro atoms. The van der Waals surface area contributed by atoms with Gasteiger partial charge >= 0.3 is 6.16 Å². The summed E-state index contributed by atoms with van der Waals surface area (Å²) in [5, 5.41) is 0. The first kappa shape index (κ1) is 11.9. The van der Waals surface area contributed by atoms with Crippen LogP contribution < -0.4 is 4.74 Å². The highest BCUT2D eigenvalue weighted by atomic mass is 35.5. The highest BCUT2D eigenvalue weighted by Gasteiger charge is 2.05. The minimum absolute atomic E-state index is 0.158. The van der Waals surface area contributed by atoms with Crippen LogP contribution in [0.3, 0.4) is 0 Å². The second-order valence-electron chi connectivity index (χ2n) is 3.21. The Hall–Kier alpha value is -1.22. The van der Waals surface area contributed by atoms with E-state index in [1.807, 2.05) is 19.9 Å². The number of rotatable bonds is 3. The summed E-state index contributed by atoms with van der Waals surface area (Å²) in [5.41, 5.74) is 2.07. The number of carbonyl (C=O) groups excluding carboxylic acids is 1. The maximum atomic E-state index is 11.1. The topological polar surface area (TPSA) is 35.5 Å². The molecule has 0 aromatic heterocycles. The Labute approximate surface area is 93.9 Å². The number of aryl methyl sites for hydroxylation is 2. The number of alkyl halides is 1. The van der Waals surface area contributed by atoms with Gasteiger partial charge in [0.25, 0.3) is 0 Å². The summed E-state index contributed by atoms with van der Waals surface area (Å²) in [6, 6.07) is 5.54. The van der Waals surface area contributed by atoms with E-state index >= 15 is 0 Å². The smallest absolute Gasteiger partial charge is 0.433 e. The molecule has 82 valence electrons. The van der Waals surface area contributed by atoms with Crippen molar-refractivity contribution < 1.29 is 14.3 Å². The third kappa shape index (κ3) is 4.21. The summed E-state index contributed by atoms with van der Waals surface area (Å²) in [6.45, 7) is 4.03. The van der Waals surface area contributed by atoms with Crippen LogP contribution >= 0.6 is 11.6 Å². The lowest BCUT2D eigenvalue weighted by atomic mass is 10.1. The average molecular weight is 229 g/mol. The van der Waals surface area contributed by atoms with Crippen LogP contribution in [0.4, 0.5) is 4.79 Å². The molecule has 0 saturated carbocycles. The van der Waals surface area contributed by atoms with Crippen molar-refractivity contribution in [3.05, 3.63) is 29.3 Å². The fourth-order valence-electron chi connectivity index (χ4n) is 1.24. The Morgan fingerprint density at radius 3 is 2.40 bits per heavy atom. The molecule has 0 bridgehead atoms. The molecule has 4 heteroatoms. The van der Waals surface area contributed by atoms with Gasteiger partial charge in [0.1, 0.15) is 12.4 Å². The van der Waals surface area contributed by atoms with Crippen molar-refractivity contribution in [1.82, 2.24) is 0 Å². The lowest BCUT2D eigenvalue weighted by Crippen LogP contribution is -2.12. The van der Waals surface area contributed by atoms with Crippen LogP contribution in [0, 0.1) is 13.8 Å². The molecule has 15 heavy (non-hydrogen) atoms. The van der Waals surface area contributed by atoms with Crippen LogP contribution in [0.15, 0.2) is 18.2 Å². The Kier molecular flexibility index (Phi) is 4.43. The highest BCUT2D eigenvalue weighted by Crippen LogP contribution is 2.16. The Balaban J connectivity index is 2.60. The largest absolute Gasteiger partial charge is 0.513 e. The van der Waals surface area contributed by atoms with Crippen molar-refractivity contribution in [3.8, 4) is 5.75 Å². The lowest BCUT2D eigenvalue weighted by molar-refractivity contribution is 0.105. The molecule has 0 atom stereocenters. The van der Waals surface area contributed by atoms with Crippen molar-refractivity contribution in [1.29, 1.82) is 0 Å².